The van der Waals surface area contributed by atoms with Crippen molar-refractivity contribution >= 4 is 11.9 Å². The number of benzene rings is 3. The Morgan fingerprint density at radius 3 is 1.92 bits per heavy atom. The lowest BCUT2D eigenvalue weighted by Gasteiger charge is -2.00. The number of aromatic hydroxyl groups is 2. The van der Waals surface area contributed by atoms with Gasteiger partial charge in [-0.1, -0.05) is 48.5 Å². The second-order valence-corrected chi connectivity index (χ2v) is 5.53. The molecule has 0 saturated carbocycles. The summed E-state index contributed by atoms with van der Waals surface area (Å²) in [7, 11) is 0. The number of nitrogens with zero attached hydrogens (tertiary/aromatic N) is 2. The van der Waals surface area contributed by atoms with Crippen LogP contribution in [-0.4, -0.2) is 22.1 Å². The molecule has 0 fully saturated rings. The van der Waals surface area contributed by atoms with Crippen molar-refractivity contribution in [2.24, 2.45) is 10.2 Å². The van der Waals surface area contributed by atoms with Gasteiger partial charge in [-0.3, -0.25) is 0 Å². The summed E-state index contributed by atoms with van der Waals surface area (Å²) in [6.07, 6.45) is 1.44. The van der Waals surface area contributed by atoms with Crippen LogP contribution >= 0.6 is 0 Å². The first-order valence-electron chi connectivity index (χ1n) is 7.56. The Bertz CT molecular complexity index is 943. The summed E-state index contributed by atoms with van der Waals surface area (Å²) in [4.78, 5) is 0. The van der Waals surface area contributed by atoms with Crippen molar-refractivity contribution in [1.82, 2.24) is 0 Å². The molecule has 0 atom stereocenters. The SMILES string of the molecule is Oc1ccc(O)c(/C=N/N=C2c3ccccc3-c3ccccc32)c1. The summed E-state index contributed by atoms with van der Waals surface area (Å²) in [6, 6.07) is 20.4. The number of hydrogen-bond donors (Lipinski definition) is 2. The Labute approximate surface area is 139 Å². The van der Waals surface area contributed by atoms with Gasteiger partial charge in [0.15, 0.2) is 0 Å². The first kappa shape index (κ1) is 14.2. The Kier molecular flexibility index (Phi) is 3.35. The van der Waals surface area contributed by atoms with Gasteiger partial charge in [-0.05, 0) is 29.3 Å². The third-order valence-corrected chi connectivity index (χ3v) is 4.02. The third-order valence-electron chi connectivity index (χ3n) is 4.02. The maximum absolute atomic E-state index is 9.79. The van der Waals surface area contributed by atoms with Gasteiger partial charge in [0.2, 0.25) is 0 Å². The molecule has 0 aromatic heterocycles. The Hall–Kier alpha value is -3.40. The van der Waals surface area contributed by atoms with Gasteiger partial charge in [0.25, 0.3) is 0 Å². The van der Waals surface area contributed by atoms with E-state index in [-0.39, 0.29) is 11.5 Å². The molecule has 0 amide bonds. The van der Waals surface area contributed by atoms with E-state index in [0.717, 1.165) is 28.0 Å². The number of hydrogen-bond acceptors (Lipinski definition) is 4. The zero-order valence-electron chi connectivity index (χ0n) is 12.7. The maximum atomic E-state index is 9.79. The van der Waals surface area contributed by atoms with Gasteiger partial charge in [0.1, 0.15) is 17.2 Å². The van der Waals surface area contributed by atoms with Crippen LogP contribution < -0.4 is 0 Å². The first-order valence-corrected chi connectivity index (χ1v) is 7.56. The molecular formula is C20H14N2O2. The maximum Gasteiger partial charge on any atom is 0.124 e. The van der Waals surface area contributed by atoms with E-state index in [1.165, 1.54) is 24.4 Å². The third kappa shape index (κ3) is 2.34. The van der Waals surface area contributed by atoms with E-state index in [1.54, 1.807) is 0 Å². The zero-order valence-corrected chi connectivity index (χ0v) is 12.7. The predicted octanol–water partition coefficient (Wildman–Crippen LogP) is 3.95. The molecule has 1 aliphatic carbocycles. The molecule has 116 valence electrons. The summed E-state index contributed by atoms with van der Waals surface area (Å²) in [5.74, 6) is 0.113. The van der Waals surface area contributed by atoms with Gasteiger partial charge < -0.3 is 10.2 Å². The molecule has 0 bridgehead atoms. The van der Waals surface area contributed by atoms with Gasteiger partial charge in [-0.15, -0.1) is 5.10 Å². The fourth-order valence-electron chi connectivity index (χ4n) is 2.90. The van der Waals surface area contributed by atoms with E-state index in [9.17, 15) is 10.2 Å². The second kappa shape index (κ2) is 5.66. The normalized spacial score (nSPS) is 12.2. The molecule has 0 saturated heterocycles. The van der Waals surface area contributed by atoms with Crippen LogP contribution in [0.25, 0.3) is 11.1 Å². The van der Waals surface area contributed by atoms with Crippen molar-refractivity contribution < 1.29 is 10.2 Å². The molecule has 0 unspecified atom stereocenters. The summed E-state index contributed by atoms with van der Waals surface area (Å²) in [5.41, 5.74) is 5.58. The van der Waals surface area contributed by atoms with Crippen LogP contribution in [0.15, 0.2) is 76.9 Å². The lowest BCUT2D eigenvalue weighted by Crippen LogP contribution is -1.97. The summed E-state index contributed by atoms with van der Waals surface area (Å²) in [5, 5.41) is 27.8. The quantitative estimate of drug-likeness (QED) is 0.334. The molecule has 1 aliphatic rings. The lowest BCUT2D eigenvalue weighted by molar-refractivity contribution is 0.459. The average Bonchev–Trinajstić information content (AvgIpc) is 2.93. The predicted molar refractivity (Wildman–Crippen MR) is 94.9 cm³/mol. The van der Waals surface area contributed by atoms with Gasteiger partial charge in [0, 0.05) is 16.7 Å². The van der Waals surface area contributed by atoms with Crippen molar-refractivity contribution in [2.45, 2.75) is 0 Å². The van der Waals surface area contributed by atoms with Crippen LogP contribution in [0.2, 0.25) is 0 Å². The molecule has 0 spiro atoms. The van der Waals surface area contributed by atoms with Crippen molar-refractivity contribution in [3.05, 3.63) is 83.4 Å². The first-order chi connectivity index (χ1) is 11.7. The molecule has 0 heterocycles. The Morgan fingerprint density at radius 2 is 1.29 bits per heavy atom. The zero-order chi connectivity index (χ0) is 16.5. The summed E-state index contributed by atoms with van der Waals surface area (Å²) in [6.45, 7) is 0. The highest BCUT2D eigenvalue weighted by molar-refractivity contribution is 6.24. The molecule has 2 N–H and O–H groups in total. The molecule has 0 aliphatic heterocycles. The Balaban J connectivity index is 1.77. The number of phenolic OH excluding ortho intramolecular Hbond substituents is 2. The number of rotatable bonds is 2. The fourth-order valence-corrected chi connectivity index (χ4v) is 2.90. The fraction of sp³-hybridized carbons (Fsp3) is 0. The minimum atomic E-state index is 0.0453. The largest absolute Gasteiger partial charge is 0.508 e. The van der Waals surface area contributed by atoms with Crippen LogP contribution in [-0.2, 0) is 0 Å². The lowest BCUT2D eigenvalue weighted by atomic mass is 10.1. The van der Waals surface area contributed by atoms with Crippen molar-refractivity contribution in [3.8, 4) is 22.6 Å². The highest BCUT2D eigenvalue weighted by atomic mass is 16.3. The molecular weight excluding hydrogens is 300 g/mol. The minimum Gasteiger partial charge on any atom is -0.508 e. The number of fused-ring (bicyclic) bond motifs is 3. The van der Waals surface area contributed by atoms with E-state index >= 15 is 0 Å². The summed E-state index contributed by atoms with van der Waals surface area (Å²) < 4.78 is 0. The molecule has 0 radical (unpaired) electrons. The van der Waals surface area contributed by atoms with Crippen molar-refractivity contribution in [3.63, 3.8) is 0 Å². The highest BCUT2D eigenvalue weighted by Crippen LogP contribution is 2.36. The van der Waals surface area contributed by atoms with Crippen LogP contribution in [0.5, 0.6) is 11.5 Å². The monoisotopic (exact) mass is 314 g/mol. The van der Waals surface area contributed by atoms with Crippen LogP contribution in [0.1, 0.15) is 16.7 Å². The summed E-state index contributed by atoms with van der Waals surface area (Å²) >= 11 is 0. The van der Waals surface area contributed by atoms with Gasteiger partial charge in [-0.25, -0.2) is 0 Å². The standard InChI is InChI=1S/C20H14N2O2/c23-14-9-10-19(24)13(11-14)12-21-22-20-17-7-3-1-5-15(17)16-6-2-4-8-18(16)20/h1-12,23-24H/b21-12+. The average molecular weight is 314 g/mol. The minimum absolute atomic E-state index is 0.0453. The van der Waals surface area contributed by atoms with Gasteiger partial charge in [-0.2, -0.15) is 5.10 Å². The van der Waals surface area contributed by atoms with Crippen molar-refractivity contribution in [2.75, 3.05) is 0 Å². The van der Waals surface area contributed by atoms with E-state index in [2.05, 4.69) is 22.3 Å². The second-order valence-electron chi connectivity index (χ2n) is 5.53. The van der Waals surface area contributed by atoms with Gasteiger partial charge >= 0.3 is 0 Å². The number of phenols is 2. The smallest absolute Gasteiger partial charge is 0.124 e. The molecule has 4 rings (SSSR count). The van der Waals surface area contributed by atoms with Crippen LogP contribution in [0.3, 0.4) is 0 Å². The molecule has 3 aromatic carbocycles. The molecule has 3 aromatic rings. The van der Waals surface area contributed by atoms with E-state index in [1.807, 2.05) is 36.4 Å². The van der Waals surface area contributed by atoms with E-state index < -0.39 is 0 Å². The Morgan fingerprint density at radius 1 is 0.708 bits per heavy atom. The molecule has 24 heavy (non-hydrogen) atoms. The highest BCUT2D eigenvalue weighted by Gasteiger charge is 2.23. The topological polar surface area (TPSA) is 65.2 Å². The van der Waals surface area contributed by atoms with E-state index in [4.69, 9.17) is 0 Å². The van der Waals surface area contributed by atoms with Crippen LogP contribution in [0.4, 0.5) is 0 Å². The van der Waals surface area contributed by atoms with Gasteiger partial charge in [0.05, 0.1) is 6.21 Å². The molecule has 4 nitrogen and oxygen atoms in total. The van der Waals surface area contributed by atoms with Crippen LogP contribution in [0, 0.1) is 0 Å². The van der Waals surface area contributed by atoms with E-state index in [0.29, 0.717) is 5.56 Å². The molecule has 4 heteroatoms. The van der Waals surface area contributed by atoms with Crippen molar-refractivity contribution in [1.29, 1.82) is 0 Å².